The molecule has 0 aliphatic carbocycles. The van der Waals surface area contributed by atoms with Crippen LogP contribution < -0.4 is 9.47 Å². The van der Waals surface area contributed by atoms with Crippen LogP contribution in [-0.4, -0.2) is 20.2 Å². The zero-order chi connectivity index (χ0) is 17.5. The molecular formula is C20H24O4. The fraction of sp³-hybridized carbons (Fsp3) is 0.350. The summed E-state index contributed by atoms with van der Waals surface area (Å²) in [7, 11) is 3.04. The van der Waals surface area contributed by atoms with Crippen LogP contribution in [0.2, 0.25) is 0 Å². The Kier molecular flexibility index (Phi) is 6.24. The third kappa shape index (κ3) is 4.75. The molecule has 24 heavy (non-hydrogen) atoms. The van der Waals surface area contributed by atoms with E-state index in [-0.39, 0.29) is 5.97 Å². The van der Waals surface area contributed by atoms with Gasteiger partial charge < -0.3 is 14.2 Å². The van der Waals surface area contributed by atoms with Gasteiger partial charge in [-0.1, -0.05) is 26.0 Å². The van der Waals surface area contributed by atoms with Gasteiger partial charge in [0.15, 0.2) is 0 Å². The molecule has 0 heterocycles. The van der Waals surface area contributed by atoms with Gasteiger partial charge in [-0.25, -0.2) is 4.79 Å². The summed E-state index contributed by atoms with van der Waals surface area (Å²) in [6.45, 7) is 4.79. The molecular weight excluding hydrogens is 304 g/mol. The van der Waals surface area contributed by atoms with Crippen molar-refractivity contribution in [2.45, 2.75) is 26.9 Å². The van der Waals surface area contributed by atoms with E-state index >= 15 is 0 Å². The first-order valence-electron chi connectivity index (χ1n) is 8.00. The monoisotopic (exact) mass is 328 g/mol. The third-order valence-corrected chi connectivity index (χ3v) is 3.67. The minimum atomic E-state index is -0.336. The van der Waals surface area contributed by atoms with Crippen LogP contribution in [0.25, 0.3) is 0 Å². The van der Waals surface area contributed by atoms with Gasteiger partial charge in [-0.05, 0) is 53.8 Å². The molecule has 0 unspecified atom stereocenters. The Bertz CT molecular complexity index is 675. The first-order chi connectivity index (χ1) is 11.5. The minimum absolute atomic E-state index is 0.336. The Morgan fingerprint density at radius 3 is 2.33 bits per heavy atom. The maximum Gasteiger partial charge on any atom is 0.337 e. The predicted octanol–water partition coefficient (Wildman–Crippen LogP) is 4.26. The molecule has 4 nitrogen and oxygen atoms in total. The van der Waals surface area contributed by atoms with Gasteiger partial charge in [0.25, 0.3) is 0 Å². The van der Waals surface area contributed by atoms with Gasteiger partial charge in [-0.3, -0.25) is 0 Å². The molecule has 128 valence electrons. The van der Waals surface area contributed by atoms with E-state index in [0.717, 1.165) is 29.0 Å². The summed E-state index contributed by atoms with van der Waals surface area (Å²) in [4.78, 5) is 11.4. The lowest BCUT2D eigenvalue weighted by molar-refractivity contribution is 0.0600. The molecule has 0 amide bonds. The lowest BCUT2D eigenvalue weighted by atomic mass is 10.0. The molecule has 0 spiro atoms. The van der Waals surface area contributed by atoms with Gasteiger partial charge in [0.2, 0.25) is 0 Å². The molecule has 0 aromatic heterocycles. The summed E-state index contributed by atoms with van der Waals surface area (Å²) in [6.07, 6.45) is 0.924. The van der Waals surface area contributed by atoms with Crippen molar-refractivity contribution < 1.29 is 19.0 Å². The van der Waals surface area contributed by atoms with Crippen molar-refractivity contribution in [3.63, 3.8) is 0 Å². The minimum Gasteiger partial charge on any atom is -0.497 e. The number of methoxy groups -OCH3 is 2. The average molecular weight is 328 g/mol. The maximum atomic E-state index is 11.4. The molecule has 0 atom stereocenters. The summed E-state index contributed by atoms with van der Waals surface area (Å²) in [5.41, 5.74) is 2.66. The zero-order valence-corrected chi connectivity index (χ0v) is 14.7. The first kappa shape index (κ1) is 17.9. The maximum absolute atomic E-state index is 11.4. The van der Waals surface area contributed by atoms with Gasteiger partial charge in [0, 0.05) is 0 Å². The Morgan fingerprint density at radius 1 is 1.04 bits per heavy atom. The highest BCUT2D eigenvalue weighted by molar-refractivity contribution is 5.89. The molecule has 0 N–H and O–H groups in total. The van der Waals surface area contributed by atoms with Crippen molar-refractivity contribution >= 4 is 5.97 Å². The number of hydrogen-bond acceptors (Lipinski definition) is 4. The molecule has 0 aliphatic heterocycles. The van der Waals surface area contributed by atoms with Crippen LogP contribution in [0.3, 0.4) is 0 Å². The van der Waals surface area contributed by atoms with Crippen LogP contribution in [0.5, 0.6) is 11.5 Å². The van der Waals surface area contributed by atoms with Crippen LogP contribution in [0.4, 0.5) is 0 Å². The van der Waals surface area contributed by atoms with Crippen molar-refractivity contribution in [3.8, 4) is 11.5 Å². The molecule has 2 aromatic rings. The Labute approximate surface area is 143 Å². The number of esters is 1. The Hall–Kier alpha value is -2.49. The van der Waals surface area contributed by atoms with Gasteiger partial charge in [-0.15, -0.1) is 0 Å². The number of hydrogen-bond donors (Lipinski definition) is 0. The Balaban J connectivity index is 2.09. The van der Waals surface area contributed by atoms with E-state index in [0.29, 0.717) is 18.1 Å². The fourth-order valence-electron chi connectivity index (χ4n) is 2.44. The molecule has 2 rings (SSSR count). The summed E-state index contributed by atoms with van der Waals surface area (Å²) in [6, 6.07) is 13.1. The second-order valence-electron chi connectivity index (χ2n) is 6.05. The van der Waals surface area contributed by atoms with Crippen LogP contribution >= 0.6 is 0 Å². The molecule has 0 aliphatic rings. The zero-order valence-electron chi connectivity index (χ0n) is 14.7. The molecule has 0 saturated carbocycles. The second-order valence-corrected chi connectivity index (χ2v) is 6.05. The fourth-order valence-corrected chi connectivity index (χ4v) is 2.44. The largest absolute Gasteiger partial charge is 0.497 e. The van der Waals surface area contributed by atoms with Crippen molar-refractivity contribution in [3.05, 3.63) is 59.2 Å². The summed E-state index contributed by atoms with van der Waals surface area (Å²) in [5.74, 6) is 1.89. The summed E-state index contributed by atoms with van der Waals surface area (Å²) >= 11 is 0. The predicted molar refractivity (Wildman–Crippen MR) is 93.6 cm³/mol. The Morgan fingerprint density at radius 2 is 1.75 bits per heavy atom. The lowest BCUT2D eigenvalue weighted by Gasteiger charge is -2.14. The normalized spacial score (nSPS) is 10.5. The van der Waals surface area contributed by atoms with Gasteiger partial charge in [0.05, 0.1) is 19.8 Å². The van der Waals surface area contributed by atoms with E-state index in [1.807, 2.05) is 30.3 Å². The SMILES string of the molecule is COC(=O)c1ccc(COc2ccc(OC)cc2CC(C)C)cc1. The van der Waals surface area contributed by atoms with E-state index in [9.17, 15) is 4.79 Å². The second kappa shape index (κ2) is 8.39. The van der Waals surface area contributed by atoms with E-state index in [1.165, 1.54) is 7.11 Å². The number of carbonyl (C=O) groups is 1. The molecule has 0 fully saturated rings. The van der Waals surface area contributed by atoms with Gasteiger partial charge in [0.1, 0.15) is 18.1 Å². The number of carbonyl (C=O) groups excluding carboxylic acids is 1. The van der Waals surface area contributed by atoms with Crippen LogP contribution in [0.1, 0.15) is 35.3 Å². The first-order valence-corrected chi connectivity index (χ1v) is 8.00. The van der Waals surface area contributed by atoms with E-state index in [2.05, 4.69) is 13.8 Å². The van der Waals surface area contributed by atoms with Crippen molar-refractivity contribution in [1.29, 1.82) is 0 Å². The van der Waals surface area contributed by atoms with E-state index in [4.69, 9.17) is 14.2 Å². The quantitative estimate of drug-likeness (QED) is 0.712. The highest BCUT2D eigenvalue weighted by Gasteiger charge is 2.09. The smallest absolute Gasteiger partial charge is 0.337 e. The van der Waals surface area contributed by atoms with Gasteiger partial charge >= 0.3 is 5.97 Å². The van der Waals surface area contributed by atoms with E-state index < -0.39 is 0 Å². The molecule has 0 bridgehead atoms. The molecule has 0 saturated heterocycles. The third-order valence-electron chi connectivity index (χ3n) is 3.67. The number of rotatable bonds is 7. The van der Waals surface area contributed by atoms with Crippen LogP contribution in [0.15, 0.2) is 42.5 Å². The summed E-state index contributed by atoms with van der Waals surface area (Å²) in [5, 5.41) is 0. The lowest BCUT2D eigenvalue weighted by Crippen LogP contribution is -2.03. The standard InChI is InChI=1S/C20H24O4/c1-14(2)11-17-12-18(22-3)9-10-19(17)24-13-15-5-7-16(8-6-15)20(21)23-4/h5-10,12,14H,11,13H2,1-4H3. The van der Waals surface area contributed by atoms with Gasteiger partial charge in [-0.2, -0.15) is 0 Å². The molecule has 4 heteroatoms. The van der Waals surface area contributed by atoms with E-state index in [1.54, 1.807) is 19.2 Å². The van der Waals surface area contributed by atoms with Crippen LogP contribution in [-0.2, 0) is 17.8 Å². The van der Waals surface area contributed by atoms with Crippen molar-refractivity contribution in [1.82, 2.24) is 0 Å². The topological polar surface area (TPSA) is 44.8 Å². The van der Waals surface area contributed by atoms with Crippen molar-refractivity contribution in [2.75, 3.05) is 14.2 Å². The molecule has 0 radical (unpaired) electrons. The highest BCUT2D eigenvalue weighted by Crippen LogP contribution is 2.27. The number of ether oxygens (including phenoxy) is 3. The summed E-state index contributed by atoms with van der Waals surface area (Å²) < 4.78 is 16.0. The highest BCUT2D eigenvalue weighted by atomic mass is 16.5. The van der Waals surface area contributed by atoms with Crippen LogP contribution in [0, 0.1) is 5.92 Å². The number of benzene rings is 2. The molecule has 2 aromatic carbocycles. The van der Waals surface area contributed by atoms with Crippen molar-refractivity contribution in [2.24, 2.45) is 5.92 Å². The average Bonchev–Trinajstić information content (AvgIpc) is 2.59.